The fourth-order valence-electron chi connectivity index (χ4n) is 1.69. The lowest BCUT2D eigenvalue weighted by Crippen LogP contribution is -2.50. The Labute approximate surface area is 110 Å². The molecule has 0 saturated carbocycles. The van der Waals surface area contributed by atoms with Crippen LogP contribution in [0.1, 0.15) is 17.3 Å². The van der Waals surface area contributed by atoms with Gasteiger partial charge in [0.05, 0.1) is 4.92 Å². The van der Waals surface area contributed by atoms with E-state index in [1.165, 1.54) is 18.2 Å². The van der Waals surface area contributed by atoms with Gasteiger partial charge in [-0.3, -0.25) is 14.9 Å². The molecule has 2 rings (SSSR count). The average Bonchev–Trinajstić information content (AvgIpc) is 2.33. The summed E-state index contributed by atoms with van der Waals surface area (Å²) in [6, 6.07) is 4.14. The highest BCUT2D eigenvalue weighted by Crippen LogP contribution is 2.29. The second-order valence-electron chi connectivity index (χ2n) is 4.20. The average molecular weight is 265 g/mol. The van der Waals surface area contributed by atoms with Gasteiger partial charge in [-0.15, -0.1) is 0 Å². The maximum atomic E-state index is 11.7. The van der Waals surface area contributed by atoms with Crippen molar-refractivity contribution in [3.8, 4) is 5.75 Å². The molecule has 0 atom stereocenters. The highest BCUT2D eigenvalue weighted by atomic mass is 16.6. The van der Waals surface area contributed by atoms with Crippen LogP contribution in [0.2, 0.25) is 0 Å². The number of hydrogen-bond acceptors (Lipinski definition) is 5. The molecule has 1 aromatic carbocycles. The zero-order valence-corrected chi connectivity index (χ0v) is 10.5. The van der Waals surface area contributed by atoms with Crippen molar-refractivity contribution in [2.45, 2.75) is 13.0 Å². The minimum Gasteiger partial charge on any atom is -0.481 e. The van der Waals surface area contributed by atoms with Crippen molar-refractivity contribution in [2.75, 3.05) is 19.6 Å². The number of ether oxygens (including phenoxy) is 1. The number of rotatable bonds is 5. The number of nitrogens with one attached hydrogen (secondary N) is 2. The standard InChI is InChI=1S/C12H15N3O4/c1-2-14-12(16)8-3-4-10(15(17)18)11(5-8)19-9-6-13-7-9/h3-5,9,13H,2,6-7H2,1H3,(H,14,16). The van der Waals surface area contributed by atoms with Crippen LogP contribution in [0.3, 0.4) is 0 Å². The third-order valence-corrected chi connectivity index (χ3v) is 2.79. The Balaban J connectivity index is 2.26. The smallest absolute Gasteiger partial charge is 0.310 e. The highest BCUT2D eigenvalue weighted by Gasteiger charge is 2.24. The predicted molar refractivity (Wildman–Crippen MR) is 68.4 cm³/mol. The second-order valence-corrected chi connectivity index (χ2v) is 4.20. The molecule has 0 aliphatic carbocycles. The zero-order valence-electron chi connectivity index (χ0n) is 10.5. The Hall–Kier alpha value is -2.15. The number of hydrogen-bond donors (Lipinski definition) is 2. The molecule has 19 heavy (non-hydrogen) atoms. The van der Waals surface area contributed by atoms with E-state index >= 15 is 0 Å². The van der Waals surface area contributed by atoms with Crippen LogP contribution >= 0.6 is 0 Å². The summed E-state index contributed by atoms with van der Waals surface area (Å²) in [5.74, 6) is -0.130. The molecule has 1 amide bonds. The Kier molecular flexibility index (Phi) is 3.96. The van der Waals surface area contributed by atoms with E-state index in [0.717, 1.165) is 0 Å². The molecule has 7 heteroatoms. The Morgan fingerprint density at radius 3 is 2.84 bits per heavy atom. The number of nitrogens with zero attached hydrogens (tertiary/aromatic N) is 1. The first-order chi connectivity index (χ1) is 9.11. The SMILES string of the molecule is CCNC(=O)c1ccc([N+](=O)[O-])c(OC2CNC2)c1. The predicted octanol–water partition coefficient (Wildman–Crippen LogP) is 0.695. The van der Waals surface area contributed by atoms with E-state index in [0.29, 0.717) is 25.2 Å². The minimum absolute atomic E-state index is 0.0804. The lowest BCUT2D eigenvalue weighted by atomic mass is 10.1. The molecule has 0 spiro atoms. The summed E-state index contributed by atoms with van der Waals surface area (Å²) in [4.78, 5) is 22.1. The number of amides is 1. The number of benzene rings is 1. The van der Waals surface area contributed by atoms with Gasteiger partial charge in [0.1, 0.15) is 6.10 Å². The molecule has 0 radical (unpaired) electrons. The fourth-order valence-corrected chi connectivity index (χ4v) is 1.69. The van der Waals surface area contributed by atoms with E-state index in [9.17, 15) is 14.9 Å². The first-order valence-corrected chi connectivity index (χ1v) is 6.06. The summed E-state index contributed by atoms with van der Waals surface area (Å²) in [7, 11) is 0. The molecular weight excluding hydrogens is 250 g/mol. The minimum atomic E-state index is -0.511. The topological polar surface area (TPSA) is 93.5 Å². The third-order valence-electron chi connectivity index (χ3n) is 2.79. The van der Waals surface area contributed by atoms with Gasteiger partial charge < -0.3 is 15.4 Å². The summed E-state index contributed by atoms with van der Waals surface area (Å²) >= 11 is 0. The van der Waals surface area contributed by atoms with E-state index in [4.69, 9.17) is 4.74 Å². The lowest BCUT2D eigenvalue weighted by molar-refractivity contribution is -0.386. The lowest BCUT2D eigenvalue weighted by Gasteiger charge is -2.27. The van der Waals surface area contributed by atoms with Crippen molar-refractivity contribution < 1.29 is 14.5 Å². The monoisotopic (exact) mass is 265 g/mol. The molecule has 0 aromatic heterocycles. The van der Waals surface area contributed by atoms with Gasteiger partial charge in [-0.2, -0.15) is 0 Å². The molecule has 1 saturated heterocycles. The van der Waals surface area contributed by atoms with Gasteiger partial charge in [0.2, 0.25) is 0 Å². The largest absolute Gasteiger partial charge is 0.481 e. The maximum Gasteiger partial charge on any atom is 0.310 e. The Morgan fingerprint density at radius 2 is 2.32 bits per heavy atom. The van der Waals surface area contributed by atoms with Crippen molar-refractivity contribution in [3.05, 3.63) is 33.9 Å². The van der Waals surface area contributed by atoms with Gasteiger partial charge in [-0.25, -0.2) is 0 Å². The molecule has 1 heterocycles. The van der Waals surface area contributed by atoms with Gasteiger partial charge in [-0.1, -0.05) is 0 Å². The van der Waals surface area contributed by atoms with Crippen LogP contribution in [0, 0.1) is 10.1 Å². The van der Waals surface area contributed by atoms with Gasteiger partial charge in [0, 0.05) is 37.3 Å². The molecule has 1 aromatic rings. The van der Waals surface area contributed by atoms with Crippen molar-refractivity contribution in [3.63, 3.8) is 0 Å². The van der Waals surface area contributed by atoms with Gasteiger partial charge in [-0.05, 0) is 13.0 Å². The van der Waals surface area contributed by atoms with Crippen LogP contribution in [0.15, 0.2) is 18.2 Å². The first-order valence-electron chi connectivity index (χ1n) is 6.06. The summed E-state index contributed by atoms with van der Waals surface area (Å²) in [5.41, 5.74) is 0.231. The fraction of sp³-hybridized carbons (Fsp3) is 0.417. The first kappa shape index (κ1) is 13.3. The molecule has 2 N–H and O–H groups in total. The number of carbonyl (C=O) groups excluding carboxylic acids is 1. The van der Waals surface area contributed by atoms with E-state index in [1.807, 2.05) is 0 Å². The Morgan fingerprint density at radius 1 is 1.58 bits per heavy atom. The Bertz CT molecular complexity index is 500. The second kappa shape index (κ2) is 5.66. The molecule has 102 valence electrons. The van der Waals surface area contributed by atoms with Crippen LogP contribution in [0.4, 0.5) is 5.69 Å². The molecule has 0 bridgehead atoms. The molecule has 1 fully saturated rings. The van der Waals surface area contributed by atoms with Crippen LogP contribution in [0.25, 0.3) is 0 Å². The summed E-state index contributed by atoms with van der Waals surface area (Å²) in [5, 5.41) is 16.6. The van der Waals surface area contributed by atoms with E-state index in [1.54, 1.807) is 6.92 Å². The van der Waals surface area contributed by atoms with Crippen molar-refractivity contribution in [2.24, 2.45) is 0 Å². The molecular formula is C12H15N3O4. The highest BCUT2D eigenvalue weighted by molar-refractivity contribution is 5.95. The van der Waals surface area contributed by atoms with E-state index < -0.39 is 4.92 Å². The van der Waals surface area contributed by atoms with Gasteiger partial charge >= 0.3 is 5.69 Å². The molecule has 7 nitrogen and oxygen atoms in total. The van der Waals surface area contributed by atoms with Crippen LogP contribution in [-0.4, -0.2) is 36.6 Å². The number of nitro benzene ring substituents is 1. The van der Waals surface area contributed by atoms with Crippen LogP contribution in [0.5, 0.6) is 5.75 Å². The van der Waals surface area contributed by atoms with Crippen LogP contribution < -0.4 is 15.4 Å². The third kappa shape index (κ3) is 3.00. The van der Waals surface area contributed by atoms with E-state index in [-0.39, 0.29) is 23.4 Å². The molecule has 1 aliphatic heterocycles. The number of carbonyl (C=O) groups is 1. The van der Waals surface area contributed by atoms with E-state index in [2.05, 4.69) is 10.6 Å². The molecule has 0 unspecified atom stereocenters. The van der Waals surface area contributed by atoms with Gasteiger partial charge in [0.15, 0.2) is 5.75 Å². The van der Waals surface area contributed by atoms with Crippen molar-refractivity contribution >= 4 is 11.6 Å². The summed E-state index contributed by atoms with van der Waals surface area (Å²) < 4.78 is 5.53. The van der Waals surface area contributed by atoms with Gasteiger partial charge in [0.25, 0.3) is 5.91 Å². The number of nitro groups is 1. The zero-order chi connectivity index (χ0) is 13.8. The normalized spacial score (nSPS) is 14.6. The summed E-state index contributed by atoms with van der Waals surface area (Å²) in [6.45, 7) is 3.62. The maximum absolute atomic E-state index is 11.7. The van der Waals surface area contributed by atoms with Crippen molar-refractivity contribution in [1.82, 2.24) is 10.6 Å². The van der Waals surface area contributed by atoms with Crippen LogP contribution in [-0.2, 0) is 0 Å². The quantitative estimate of drug-likeness (QED) is 0.603. The van der Waals surface area contributed by atoms with Crippen molar-refractivity contribution in [1.29, 1.82) is 0 Å². The molecule has 1 aliphatic rings. The summed E-state index contributed by atoms with van der Waals surface area (Å²) in [6.07, 6.45) is -0.0804.